The molecule has 2 rings (SSSR count). The van der Waals surface area contributed by atoms with Crippen LogP contribution in [0.2, 0.25) is 5.02 Å². The van der Waals surface area contributed by atoms with Gasteiger partial charge in [0.1, 0.15) is 11.6 Å². The molecule has 0 radical (unpaired) electrons. The molecule has 0 aliphatic heterocycles. The van der Waals surface area contributed by atoms with Crippen molar-refractivity contribution in [1.82, 2.24) is 9.97 Å². The van der Waals surface area contributed by atoms with E-state index in [0.717, 1.165) is 23.3 Å². The van der Waals surface area contributed by atoms with Crippen molar-refractivity contribution < 1.29 is 4.74 Å². The van der Waals surface area contributed by atoms with E-state index in [1.165, 1.54) is 11.8 Å². The number of nitrogens with one attached hydrogen (secondary N) is 1. The predicted molar refractivity (Wildman–Crippen MR) is 91.8 cm³/mol. The highest BCUT2D eigenvalue weighted by Gasteiger charge is 2.08. The number of halogens is 2. The standard InChI is InChI=1S/C14H15BrClN3OS/c1-3-6-17-12-8-13(19-14(18-12)21-2)20-11-5-4-9(15)7-10(11)16/h4-5,7-8H,3,6H2,1-2H3,(H,17,18,19). The Kier molecular flexibility index (Phi) is 6.14. The summed E-state index contributed by atoms with van der Waals surface area (Å²) in [7, 11) is 0. The molecule has 7 heteroatoms. The third-order valence-corrected chi connectivity index (χ3v) is 3.87. The van der Waals surface area contributed by atoms with E-state index in [4.69, 9.17) is 16.3 Å². The topological polar surface area (TPSA) is 47.0 Å². The zero-order valence-electron chi connectivity index (χ0n) is 11.7. The van der Waals surface area contributed by atoms with Gasteiger partial charge in [0.15, 0.2) is 5.16 Å². The molecule has 1 heterocycles. The summed E-state index contributed by atoms with van der Waals surface area (Å²) in [5, 5.41) is 4.41. The molecular weight excluding hydrogens is 374 g/mol. The second-order valence-corrected chi connectivity index (χ2v) is 6.28. The molecule has 1 aromatic heterocycles. The van der Waals surface area contributed by atoms with Crippen LogP contribution in [0.4, 0.5) is 5.82 Å². The molecule has 1 aromatic carbocycles. The lowest BCUT2D eigenvalue weighted by atomic mass is 10.3. The van der Waals surface area contributed by atoms with E-state index >= 15 is 0 Å². The van der Waals surface area contributed by atoms with Crippen molar-refractivity contribution in [3.05, 3.63) is 33.8 Å². The minimum atomic E-state index is 0.470. The van der Waals surface area contributed by atoms with Crippen molar-refractivity contribution >= 4 is 45.1 Å². The van der Waals surface area contributed by atoms with E-state index in [-0.39, 0.29) is 0 Å². The van der Waals surface area contributed by atoms with Gasteiger partial charge in [0.2, 0.25) is 5.88 Å². The lowest BCUT2D eigenvalue weighted by Crippen LogP contribution is -2.04. The molecule has 21 heavy (non-hydrogen) atoms. The maximum absolute atomic E-state index is 6.16. The molecule has 0 bridgehead atoms. The van der Waals surface area contributed by atoms with Crippen LogP contribution in [0.15, 0.2) is 33.9 Å². The van der Waals surface area contributed by atoms with Gasteiger partial charge < -0.3 is 10.1 Å². The Morgan fingerprint density at radius 2 is 2.14 bits per heavy atom. The van der Waals surface area contributed by atoms with Crippen LogP contribution in [-0.4, -0.2) is 22.8 Å². The van der Waals surface area contributed by atoms with Crippen LogP contribution >= 0.6 is 39.3 Å². The van der Waals surface area contributed by atoms with Crippen molar-refractivity contribution in [2.24, 2.45) is 0 Å². The summed E-state index contributed by atoms with van der Waals surface area (Å²) >= 11 is 11.0. The maximum atomic E-state index is 6.16. The van der Waals surface area contributed by atoms with E-state index < -0.39 is 0 Å². The lowest BCUT2D eigenvalue weighted by Gasteiger charge is -2.10. The van der Waals surface area contributed by atoms with Gasteiger partial charge in [-0.2, -0.15) is 4.98 Å². The number of hydrogen-bond acceptors (Lipinski definition) is 5. The molecule has 0 unspecified atom stereocenters. The molecule has 0 saturated carbocycles. The quantitative estimate of drug-likeness (QED) is 0.542. The Labute approximate surface area is 141 Å². The predicted octanol–water partition coefficient (Wildman–Crippen LogP) is 5.23. The number of aromatic nitrogens is 2. The molecule has 4 nitrogen and oxygen atoms in total. The van der Waals surface area contributed by atoms with Crippen LogP contribution in [0.1, 0.15) is 13.3 Å². The minimum absolute atomic E-state index is 0.470. The first kappa shape index (κ1) is 16.4. The van der Waals surface area contributed by atoms with Crippen molar-refractivity contribution in [2.45, 2.75) is 18.5 Å². The zero-order chi connectivity index (χ0) is 15.2. The summed E-state index contributed by atoms with van der Waals surface area (Å²) in [6.07, 6.45) is 2.95. The fraction of sp³-hybridized carbons (Fsp3) is 0.286. The van der Waals surface area contributed by atoms with Crippen molar-refractivity contribution in [2.75, 3.05) is 18.1 Å². The number of benzene rings is 1. The molecule has 112 valence electrons. The third kappa shape index (κ3) is 4.76. The molecule has 0 atom stereocenters. The van der Waals surface area contributed by atoms with Gasteiger partial charge in [0.05, 0.1) is 5.02 Å². The highest BCUT2D eigenvalue weighted by Crippen LogP contribution is 2.32. The first-order chi connectivity index (χ1) is 10.1. The number of thioether (sulfide) groups is 1. The number of nitrogens with zero attached hydrogens (tertiary/aromatic N) is 2. The Hall–Kier alpha value is -0.980. The SMILES string of the molecule is CCCNc1cc(Oc2ccc(Br)cc2Cl)nc(SC)n1. The van der Waals surface area contributed by atoms with Crippen LogP contribution < -0.4 is 10.1 Å². The first-order valence-corrected chi connectivity index (χ1v) is 8.81. The average molecular weight is 389 g/mol. The number of ether oxygens (including phenoxy) is 1. The molecule has 1 N–H and O–H groups in total. The van der Waals surface area contributed by atoms with Crippen molar-refractivity contribution in [3.8, 4) is 11.6 Å². The maximum Gasteiger partial charge on any atom is 0.225 e. The van der Waals surface area contributed by atoms with Crippen LogP contribution in [-0.2, 0) is 0 Å². The Balaban J connectivity index is 2.25. The monoisotopic (exact) mass is 387 g/mol. The molecule has 0 spiro atoms. The second-order valence-electron chi connectivity index (χ2n) is 4.18. The Morgan fingerprint density at radius 3 is 2.81 bits per heavy atom. The van der Waals surface area contributed by atoms with Gasteiger partial charge in [-0.05, 0) is 30.9 Å². The fourth-order valence-corrected chi connectivity index (χ4v) is 2.64. The fourth-order valence-electron chi connectivity index (χ4n) is 1.56. The molecule has 0 aliphatic carbocycles. The number of hydrogen-bond donors (Lipinski definition) is 1. The minimum Gasteiger partial charge on any atom is -0.437 e. The number of rotatable bonds is 6. The smallest absolute Gasteiger partial charge is 0.225 e. The summed E-state index contributed by atoms with van der Waals surface area (Å²) in [5.74, 6) is 1.78. The van der Waals surface area contributed by atoms with Gasteiger partial charge in [0.25, 0.3) is 0 Å². The molecule has 2 aromatic rings. The van der Waals surface area contributed by atoms with Crippen molar-refractivity contribution in [1.29, 1.82) is 0 Å². The Bertz CT molecular complexity index is 627. The van der Waals surface area contributed by atoms with Gasteiger partial charge >= 0.3 is 0 Å². The van der Waals surface area contributed by atoms with Crippen LogP contribution in [0.3, 0.4) is 0 Å². The van der Waals surface area contributed by atoms with E-state index in [1.54, 1.807) is 18.2 Å². The van der Waals surface area contributed by atoms with Gasteiger partial charge in [0, 0.05) is 17.1 Å². The highest BCUT2D eigenvalue weighted by atomic mass is 79.9. The highest BCUT2D eigenvalue weighted by molar-refractivity contribution is 9.10. The van der Waals surface area contributed by atoms with Gasteiger partial charge in [-0.25, -0.2) is 4.98 Å². The van der Waals surface area contributed by atoms with Crippen LogP contribution in [0.25, 0.3) is 0 Å². The van der Waals surface area contributed by atoms with Crippen LogP contribution in [0, 0.1) is 0 Å². The van der Waals surface area contributed by atoms with E-state index in [0.29, 0.717) is 21.8 Å². The summed E-state index contributed by atoms with van der Waals surface area (Å²) in [6.45, 7) is 2.95. The number of anilines is 1. The van der Waals surface area contributed by atoms with Gasteiger partial charge in [-0.15, -0.1) is 0 Å². The summed E-state index contributed by atoms with van der Waals surface area (Å²) in [4.78, 5) is 8.73. The molecule has 0 amide bonds. The Morgan fingerprint density at radius 1 is 1.33 bits per heavy atom. The first-order valence-electron chi connectivity index (χ1n) is 6.42. The molecule has 0 aliphatic rings. The summed E-state index contributed by atoms with van der Waals surface area (Å²) in [5.41, 5.74) is 0. The average Bonchev–Trinajstić information content (AvgIpc) is 2.48. The molecule has 0 saturated heterocycles. The van der Waals surface area contributed by atoms with E-state index in [1.807, 2.05) is 12.3 Å². The third-order valence-electron chi connectivity index (χ3n) is 2.53. The second kappa shape index (κ2) is 7.87. The zero-order valence-corrected chi connectivity index (χ0v) is 14.8. The van der Waals surface area contributed by atoms with Gasteiger partial charge in [-0.3, -0.25) is 0 Å². The normalized spacial score (nSPS) is 10.5. The molecular formula is C14H15BrClN3OS. The van der Waals surface area contributed by atoms with E-state index in [2.05, 4.69) is 38.1 Å². The van der Waals surface area contributed by atoms with Crippen molar-refractivity contribution in [3.63, 3.8) is 0 Å². The van der Waals surface area contributed by atoms with E-state index in [9.17, 15) is 0 Å². The largest absolute Gasteiger partial charge is 0.437 e. The summed E-state index contributed by atoms with van der Waals surface area (Å²) in [6, 6.07) is 7.22. The summed E-state index contributed by atoms with van der Waals surface area (Å²) < 4.78 is 6.67. The lowest BCUT2D eigenvalue weighted by molar-refractivity contribution is 0.456. The molecule has 0 fully saturated rings. The van der Waals surface area contributed by atoms with Gasteiger partial charge in [-0.1, -0.05) is 46.2 Å². The van der Waals surface area contributed by atoms with Crippen LogP contribution in [0.5, 0.6) is 11.6 Å².